The van der Waals surface area contributed by atoms with Gasteiger partial charge in [0.2, 0.25) is 11.1 Å². The second kappa shape index (κ2) is 5.36. The zero-order valence-electron chi connectivity index (χ0n) is 12.3. The van der Waals surface area contributed by atoms with E-state index in [1.807, 2.05) is 0 Å². The Morgan fingerprint density at radius 1 is 1.39 bits per heavy atom. The zero-order chi connectivity index (χ0) is 16.7. The molecule has 0 bridgehead atoms. The summed E-state index contributed by atoms with van der Waals surface area (Å²) in [6, 6.07) is 4.72. The Hall–Kier alpha value is -2.93. The average Bonchev–Trinajstić information content (AvgIpc) is 2.53. The van der Waals surface area contributed by atoms with Gasteiger partial charge >= 0.3 is 5.97 Å². The van der Waals surface area contributed by atoms with Gasteiger partial charge < -0.3 is 20.4 Å². The van der Waals surface area contributed by atoms with Crippen LogP contribution in [0.3, 0.4) is 0 Å². The number of carbonyl (C=O) groups is 1. The highest BCUT2D eigenvalue weighted by molar-refractivity contribution is 6.01. The van der Waals surface area contributed by atoms with Gasteiger partial charge in [-0.05, 0) is 29.7 Å². The monoisotopic (exact) mass is 314 g/mol. The summed E-state index contributed by atoms with van der Waals surface area (Å²) in [5.74, 6) is -1.42. The molecule has 0 fully saturated rings. The van der Waals surface area contributed by atoms with Gasteiger partial charge in [0.25, 0.3) is 0 Å². The minimum absolute atomic E-state index is 0.0126. The van der Waals surface area contributed by atoms with Gasteiger partial charge in [0.05, 0.1) is 17.4 Å². The maximum atomic E-state index is 12.8. The predicted octanol–water partition coefficient (Wildman–Crippen LogP) is 1.68. The van der Waals surface area contributed by atoms with Crippen molar-refractivity contribution in [3.63, 3.8) is 0 Å². The van der Waals surface area contributed by atoms with Crippen LogP contribution in [0.4, 0.5) is 5.82 Å². The van der Waals surface area contributed by atoms with Crippen molar-refractivity contribution in [2.45, 2.75) is 20.0 Å². The first-order chi connectivity index (χ1) is 11.0. The number of anilines is 1. The molecule has 0 spiro atoms. The summed E-state index contributed by atoms with van der Waals surface area (Å²) in [4.78, 5) is 28.2. The quantitative estimate of drug-likeness (QED) is 0.627. The molecule has 23 heavy (non-hydrogen) atoms. The molecule has 0 aliphatic rings. The molecule has 3 aromatic rings. The van der Waals surface area contributed by atoms with Gasteiger partial charge in [0, 0.05) is 0 Å². The molecule has 7 nitrogen and oxygen atoms in total. The maximum Gasteiger partial charge on any atom is 0.339 e. The number of fused-ring (bicyclic) bond motifs is 2. The average molecular weight is 314 g/mol. The summed E-state index contributed by atoms with van der Waals surface area (Å²) >= 11 is 0. The Kier molecular flexibility index (Phi) is 3.49. The molecule has 7 heteroatoms. The molecule has 4 N–H and O–H groups in total. The lowest BCUT2D eigenvalue weighted by atomic mass is 10.0. The summed E-state index contributed by atoms with van der Waals surface area (Å²) in [5, 5.41) is 18.9. The molecule has 3 rings (SSSR count). The first-order valence-corrected chi connectivity index (χ1v) is 6.99. The fraction of sp³-hybridized carbons (Fsp3) is 0.188. The maximum absolute atomic E-state index is 12.8. The van der Waals surface area contributed by atoms with Crippen molar-refractivity contribution in [3.05, 3.63) is 45.1 Å². The topological polar surface area (TPSA) is 127 Å². The number of pyridine rings is 1. The Balaban J connectivity index is 2.55. The van der Waals surface area contributed by atoms with Gasteiger partial charge in [0.15, 0.2) is 0 Å². The number of carboxylic acids is 1. The third kappa shape index (κ3) is 2.22. The molecule has 0 saturated heterocycles. The number of aromatic carboxylic acids is 1. The lowest BCUT2D eigenvalue weighted by molar-refractivity contribution is 0.0697. The van der Waals surface area contributed by atoms with Crippen LogP contribution in [0.15, 0.2) is 27.4 Å². The number of aliphatic hydroxyl groups is 1. The Labute approximate surface area is 130 Å². The van der Waals surface area contributed by atoms with Crippen molar-refractivity contribution in [1.82, 2.24) is 4.98 Å². The number of carboxylic acid groups (broad SMARTS) is 1. The summed E-state index contributed by atoms with van der Waals surface area (Å²) in [6.07, 6.45) is 0.292. The SMILES string of the molecule is CCc1c(C(=O)O)c(N)nc2oc3ccc(CO)cc3c(=O)c12. The van der Waals surface area contributed by atoms with Gasteiger partial charge in [0.1, 0.15) is 17.0 Å². The molecule has 2 heterocycles. The number of aliphatic hydroxyl groups excluding tert-OH is 1. The highest BCUT2D eigenvalue weighted by atomic mass is 16.4. The van der Waals surface area contributed by atoms with E-state index in [-0.39, 0.29) is 39.9 Å². The second-order valence-electron chi connectivity index (χ2n) is 5.11. The van der Waals surface area contributed by atoms with Crippen LogP contribution in [-0.4, -0.2) is 21.2 Å². The van der Waals surface area contributed by atoms with Gasteiger partial charge in [-0.1, -0.05) is 13.0 Å². The van der Waals surface area contributed by atoms with Crippen LogP contribution < -0.4 is 11.2 Å². The van der Waals surface area contributed by atoms with Crippen LogP contribution in [-0.2, 0) is 13.0 Å². The molecule has 0 radical (unpaired) electrons. The summed E-state index contributed by atoms with van der Waals surface area (Å²) in [5.41, 5.74) is 6.33. The predicted molar refractivity (Wildman–Crippen MR) is 84.5 cm³/mol. The van der Waals surface area contributed by atoms with E-state index < -0.39 is 5.97 Å². The lowest BCUT2D eigenvalue weighted by Crippen LogP contribution is -2.14. The van der Waals surface area contributed by atoms with Crippen LogP contribution in [0.1, 0.15) is 28.4 Å². The van der Waals surface area contributed by atoms with E-state index in [0.717, 1.165) is 0 Å². The zero-order valence-corrected chi connectivity index (χ0v) is 12.3. The van der Waals surface area contributed by atoms with E-state index in [1.165, 1.54) is 6.07 Å². The standard InChI is InChI=1S/C16H14N2O5/c1-2-8-11-13(20)9-5-7(6-19)3-4-10(9)23-15(11)18-14(17)12(8)16(21)22/h3-5,19H,2,6H2,1H3,(H2,17,18)(H,21,22). The van der Waals surface area contributed by atoms with E-state index >= 15 is 0 Å². The molecule has 1 aromatic carbocycles. The Morgan fingerprint density at radius 3 is 2.74 bits per heavy atom. The van der Waals surface area contributed by atoms with Crippen LogP contribution in [0.25, 0.3) is 22.1 Å². The number of aryl methyl sites for hydroxylation is 1. The molecule has 0 atom stereocenters. The van der Waals surface area contributed by atoms with Crippen LogP contribution in [0.2, 0.25) is 0 Å². The first-order valence-electron chi connectivity index (χ1n) is 6.99. The highest BCUT2D eigenvalue weighted by Gasteiger charge is 2.22. The number of nitrogens with zero attached hydrogens (tertiary/aromatic N) is 1. The number of nitrogen functional groups attached to an aromatic ring is 1. The third-order valence-corrected chi connectivity index (χ3v) is 3.77. The third-order valence-electron chi connectivity index (χ3n) is 3.77. The minimum Gasteiger partial charge on any atom is -0.478 e. The smallest absolute Gasteiger partial charge is 0.339 e. The second-order valence-corrected chi connectivity index (χ2v) is 5.11. The molecule has 2 aromatic heterocycles. The molecule has 0 unspecified atom stereocenters. The molecule has 0 aliphatic heterocycles. The van der Waals surface area contributed by atoms with Crippen molar-refractivity contribution in [2.75, 3.05) is 5.73 Å². The largest absolute Gasteiger partial charge is 0.478 e. The van der Waals surface area contributed by atoms with Gasteiger partial charge in [-0.3, -0.25) is 4.79 Å². The van der Waals surface area contributed by atoms with Crippen molar-refractivity contribution in [2.24, 2.45) is 0 Å². The van der Waals surface area contributed by atoms with E-state index in [9.17, 15) is 19.8 Å². The number of aromatic nitrogens is 1. The first kappa shape index (κ1) is 15.0. The highest BCUT2D eigenvalue weighted by Crippen LogP contribution is 2.26. The van der Waals surface area contributed by atoms with Crippen LogP contribution in [0, 0.1) is 0 Å². The normalized spacial score (nSPS) is 11.2. The van der Waals surface area contributed by atoms with Crippen LogP contribution in [0.5, 0.6) is 0 Å². The summed E-state index contributed by atoms with van der Waals surface area (Å²) < 4.78 is 5.62. The van der Waals surface area contributed by atoms with Gasteiger partial charge in [-0.2, -0.15) is 4.98 Å². The summed E-state index contributed by atoms with van der Waals surface area (Å²) in [6.45, 7) is 1.52. The fourth-order valence-electron chi connectivity index (χ4n) is 2.71. The van der Waals surface area contributed by atoms with E-state index in [4.69, 9.17) is 10.2 Å². The van der Waals surface area contributed by atoms with Crippen molar-refractivity contribution in [1.29, 1.82) is 0 Å². The number of benzene rings is 1. The molecular formula is C16H14N2O5. The van der Waals surface area contributed by atoms with E-state index in [0.29, 0.717) is 23.1 Å². The van der Waals surface area contributed by atoms with Crippen LogP contribution >= 0.6 is 0 Å². The molecule has 0 aliphatic carbocycles. The van der Waals surface area contributed by atoms with E-state index in [1.54, 1.807) is 19.1 Å². The van der Waals surface area contributed by atoms with Gasteiger partial charge in [-0.15, -0.1) is 0 Å². The molecule has 0 saturated carbocycles. The molecule has 0 amide bonds. The van der Waals surface area contributed by atoms with Gasteiger partial charge in [-0.25, -0.2) is 4.79 Å². The number of nitrogens with two attached hydrogens (primary N) is 1. The number of hydrogen-bond acceptors (Lipinski definition) is 6. The number of hydrogen-bond donors (Lipinski definition) is 3. The minimum atomic E-state index is -1.24. The Bertz CT molecular complexity index is 1010. The fourth-order valence-corrected chi connectivity index (χ4v) is 2.71. The molecule has 118 valence electrons. The lowest BCUT2D eigenvalue weighted by Gasteiger charge is -2.10. The van der Waals surface area contributed by atoms with E-state index in [2.05, 4.69) is 4.98 Å². The Morgan fingerprint density at radius 2 is 2.13 bits per heavy atom. The van der Waals surface area contributed by atoms with Crippen molar-refractivity contribution >= 4 is 33.9 Å². The van der Waals surface area contributed by atoms with Crippen molar-refractivity contribution < 1.29 is 19.4 Å². The van der Waals surface area contributed by atoms with Crippen molar-refractivity contribution in [3.8, 4) is 0 Å². The molecular weight excluding hydrogens is 300 g/mol. The summed E-state index contributed by atoms with van der Waals surface area (Å²) in [7, 11) is 0. The number of rotatable bonds is 3.